The topological polar surface area (TPSA) is 59.8 Å². The molecule has 28 heavy (non-hydrogen) atoms. The van der Waals surface area contributed by atoms with Crippen molar-refractivity contribution in [1.29, 1.82) is 0 Å². The van der Waals surface area contributed by atoms with E-state index >= 15 is 0 Å². The first kappa shape index (κ1) is 17.9. The van der Waals surface area contributed by atoms with Crippen LogP contribution in [-0.4, -0.2) is 20.9 Å². The summed E-state index contributed by atoms with van der Waals surface area (Å²) in [5.41, 5.74) is 5.96. The quantitative estimate of drug-likeness (QED) is 0.543. The van der Waals surface area contributed by atoms with Crippen LogP contribution in [0.5, 0.6) is 0 Å². The lowest BCUT2D eigenvalue weighted by molar-refractivity contribution is 0.102. The summed E-state index contributed by atoms with van der Waals surface area (Å²) in [6.07, 6.45) is 0. The lowest BCUT2D eigenvalue weighted by Crippen LogP contribution is -2.12. The number of nitrogens with one attached hydrogen (secondary N) is 1. The van der Waals surface area contributed by atoms with Crippen molar-refractivity contribution in [3.8, 4) is 5.69 Å². The number of aryl methyl sites for hydroxylation is 1. The molecule has 0 aliphatic heterocycles. The van der Waals surface area contributed by atoms with Gasteiger partial charge in [-0.15, -0.1) is 10.2 Å². The Morgan fingerprint density at radius 2 is 1.57 bits per heavy atom. The number of hydrogen-bond donors (Lipinski definition) is 1. The second-order valence-corrected chi connectivity index (χ2v) is 7.21. The summed E-state index contributed by atoms with van der Waals surface area (Å²) in [6, 6.07) is 21.3. The molecule has 3 aromatic carbocycles. The van der Waals surface area contributed by atoms with Crippen molar-refractivity contribution in [2.24, 2.45) is 0 Å². The molecule has 140 valence electrons. The summed E-state index contributed by atoms with van der Waals surface area (Å²) >= 11 is 0. The molecule has 0 spiro atoms. The number of fused-ring (bicyclic) bond motifs is 1. The zero-order valence-electron chi connectivity index (χ0n) is 16.2. The second kappa shape index (κ2) is 7.27. The Hall–Kier alpha value is -3.47. The fourth-order valence-electron chi connectivity index (χ4n) is 3.09. The summed E-state index contributed by atoms with van der Waals surface area (Å²) in [4.78, 5) is 14.3. The molecule has 0 saturated heterocycles. The van der Waals surface area contributed by atoms with Crippen LogP contribution in [-0.2, 0) is 0 Å². The van der Waals surface area contributed by atoms with Crippen molar-refractivity contribution in [2.75, 3.05) is 5.32 Å². The number of carbonyl (C=O) groups excluding carboxylic acids is 1. The first-order valence-electron chi connectivity index (χ1n) is 9.36. The molecule has 0 bridgehead atoms. The second-order valence-electron chi connectivity index (χ2n) is 7.21. The number of aromatic nitrogens is 3. The molecule has 1 amide bonds. The third-order valence-corrected chi connectivity index (χ3v) is 4.80. The molecule has 0 unspecified atom stereocenters. The normalized spacial score (nSPS) is 11.1. The molecule has 5 nitrogen and oxygen atoms in total. The molecule has 1 heterocycles. The van der Waals surface area contributed by atoms with Gasteiger partial charge in [0.05, 0.1) is 5.69 Å². The predicted molar refractivity (Wildman–Crippen MR) is 112 cm³/mol. The van der Waals surface area contributed by atoms with Crippen molar-refractivity contribution in [3.05, 3.63) is 83.4 Å². The van der Waals surface area contributed by atoms with E-state index in [1.54, 1.807) is 4.80 Å². The lowest BCUT2D eigenvalue weighted by atomic mass is 10.0. The van der Waals surface area contributed by atoms with E-state index in [1.807, 2.05) is 73.7 Å². The number of carbonyl (C=O) groups is 1. The van der Waals surface area contributed by atoms with Gasteiger partial charge in [0.2, 0.25) is 0 Å². The molecule has 4 aromatic rings. The summed E-state index contributed by atoms with van der Waals surface area (Å²) in [7, 11) is 0. The SMILES string of the molecule is Cc1cc2nn(-c3ccccc3)nc2cc1NC(=O)c1ccc(C(C)C)cc1. The van der Waals surface area contributed by atoms with Gasteiger partial charge in [0, 0.05) is 11.3 Å². The highest BCUT2D eigenvalue weighted by Crippen LogP contribution is 2.23. The molecule has 1 aromatic heterocycles. The first-order chi connectivity index (χ1) is 13.5. The molecule has 0 radical (unpaired) electrons. The van der Waals surface area contributed by atoms with Gasteiger partial charge in [-0.05, 0) is 60.4 Å². The fourth-order valence-corrected chi connectivity index (χ4v) is 3.09. The van der Waals surface area contributed by atoms with Crippen LogP contribution in [0.3, 0.4) is 0 Å². The highest BCUT2D eigenvalue weighted by Gasteiger charge is 2.12. The molecule has 4 rings (SSSR count). The van der Waals surface area contributed by atoms with Crippen molar-refractivity contribution < 1.29 is 4.79 Å². The average Bonchev–Trinajstić information content (AvgIpc) is 3.11. The van der Waals surface area contributed by atoms with Gasteiger partial charge in [0.25, 0.3) is 5.91 Å². The largest absolute Gasteiger partial charge is 0.322 e. The monoisotopic (exact) mass is 370 g/mol. The number of anilines is 1. The summed E-state index contributed by atoms with van der Waals surface area (Å²) in [5.74, 6) is 0.308. The van der Waals surface area contributed by atoms with Crippen LogP contribution >= 0.6 is 0 Å². The molecule has 0 aliphatic rings. The van der Waals surface area contributed by atoms with Crippen molar-refractivity contribution in [3.63, 3.8) is 0 Å². The Labute approximate surface area is 164 Å². The number of rotatable bonds is 4. The summed E-state index contributed by atoms with van der Waals surface area (Å²) in [5, 5.41) is 12.1. The minimum Gasteiger partial charge on any atom is -0.322 e. The smallest absolute Gasteiger partial charge is 0.255 e. The van der Waals surface area contributed by atoms with E-state index in [0.717, 1.165) is 28.0 Å². The molecule has 0 fully saturated rings. The standard InChI is InChI=1S/C23H22N4O/c1-15(2)17-9-11-18(12-10-17)23(28)24-20-14-22-21(13-16(20)3)25-27(26-22)19-7-5-4-6-8-19/h4-15H,1-3H3,(H,24,28). The van der Waals surface area contributed by atoms with Gasteiger partial charge in [-0.1, -0.05) is 44.2 Å². The molecule has 5 heteroatoms. The van der Waals surface area contributed by atoms with E-state index in [4.69, 9.17) is 0 Å². The Morgan fingerprint density at radius 1 is 0.929 bits per heavy atom. The number of hydrogen-bond acceptors (Lipinski definition) is 3. The van der Waals surface area contributed by atoms with Crippen molar-refractivity contribution in [1.82, 2.24) is 15.0 Å². The van der Waals surface area contributed by atoms with E-state index in [9.17, 15) is 4.79 Å². The van der Waals surface area contributed by atoms with Gasteiger partial charge in [0.15, 0.2) is 0 Å². The average molecular weight is 370 g/mol. The van der Waals surface area contributed by atoms with E-state index < -0.39 is 0 Å². The van der Waals surface area contributed by atoms with Gasteiger partial charge in [-0.3, -0.25) is 4.79 Å². The van der Waals surface area contributed by atoms with E-state index in [2.05, 4.69) is 29.4 Å². The van der Waals surface area contributed by atoms with E-state index in [-0.39, 0.29) is 5.91 Å². The fraction of sp³-hybridized carbons (Fsp3) is 0.174. The Kier molecular flexibility index (Phi) is 4.65. The Morgan fingerprint density at radius 3 is 2.21 bits per heavy atom. The maximum Gasteiger partial charge on any atom is 0.255 e. The Bertz CT molecular complexity index is 1130. The van der Waals surface area contributed by atoms with Gasteiger partial charge in [-0.2, -0.15) is 4.80 Å². The molecule has 0 aliphatic carbocycles. The van der Waals surface area contributed by atoms with Crippen LogP contribution in [0.4, 0.5) is 5.69 Å². The Balaban J connectivity index is 1.61. The summed E-state index contributed by atoms with van der Waals surface area (Å²) in [6.45, 7) is 6.23. The van der Waals surface area contributed by atoms with Crippen molar-refractivity contribution in [2.45, 2.75) is 26.7 Å². The number of benzene rings is 3. The first-order valence-corrected chi connectivity index (χ1v) is 9.36. The molecule has 0 saturated carbocycles. The van der Waals surface area contributed by atoms with Crippen LogP contribution in [0.25, 0.3) is 16.7 Å². The third-order valence-electron chi connectivity index (χ3n) is 4.80. The minimum absolute atomic E-state index is 0.131. The van der Waals surface area contributed by atoms with Gasteiger partial charge in [0.1, 0.15) is 11.0 Å². The van der Waals surface area contributed by atoms with Gasteiger partial charge in [-0.25, -0.2) is 0 Å². The maximum atomic E-state index is 12.7. The van der Waals surface area contributed by atoms with Crippen LogP contribution in [0.1, 0.15) is 41.3 Å². The number of para-hydroxylation sites is 1. The lowest BCUT2D eigenvalue weighted by Gasteiger charge is -2.10. The van der Waals surface area contributed by atoms with Gasteiger partial charge >= 0.3 is 0 Å². The minimum atomic E-state index is -0.131. The van der Waals surface area contributed by atoms with Crippen LogP contribution in [0.2, 0.25) is 0 Å². The van der Waals surface area contributed by atoms with Crippen LogP contribution in [0.15, 0.2) is 66.7 Å². The van der Waals surface area contributed by atoms with Gasteiger partial charge < -0.3 is 5.32 Å². The van der Waals surface area contributed by atoms with Crippen LogP contribution in [0, 0.1) is 6.92 Å². The highest BCUT2D eigenvalue weighted by molar-refractivity contribution is 6.05. The van der Waals surface area contributed by atoms with E-state index in [1.165, 1.54) is 5.56 Å². The number of nitrogens with zero attached hydrogens (tertiary/aromatic N) is 3. The number of amides is 1. The molecular formula is C23H22N4O. The highest BCUT2D eigenvalue weighted by atomic mass is 16.1. The van der Waals surface area contributed by atoms with Crippen LogP contribution < -0.4 is 5.32 Å². The predicted octanol–water partition coefficient (Wildman–Crippen LogP) is 5.10. The summed E-state index contributed by atoms with van der Waals surface area (Å²) < 4.78 is 0. The maximum absolute atomic E-state index is 12.7. The zero-order valence-corrected chi connectivity index (χ0v) is 16.2. The molecule has 0 atom stereocenters. The molecule has 1 N–H and O–H groups in total. The zero-order chi connectivity index (χ0) is 19.7. The van der Waals surface area contributed by atoms with Crippen molar-refractivity contribution >= 4 is 22.6 Å². The van der Waals surface area contributed by atoms with E-state index in [0.29, 0.717) is 11.5 Å². The third kappa shape index (κ3) is 3.51. The molecular weight excluding hydrogens is 348 g/mol.